The molecule has 5 nitrogen and oxygen atoms in total. The van der Waals surface area contributed by atoms with Gasteiger partial charge in [0.25, 0.3) is 5.91 Å². The average molecular weight is 334 g/mol. The molecule has 0 bridgehead atoms. The Bertz CT molecular complexity index is 887. The van der Waals surface area contributed by atoms with Crippen LogP contribution < -0.4 is 5.73 Å². The quantitative estimate of drug-likeness (QED) is 0.728. The molecule has 0 aliphatic heterocycles. The molecule has 2 aromatic carbocycles. The first-order chi connectivity index (χ1) is 12.1. The number of rotatable bonds is 5. The highest BCUT2D eigenvalue weighted by Gasteiger charge is 2.23. The minimum atomic E-state index is -1.12. The van der Waals surface area contributed by atoms with Gasteiger partial charge in [-0.2, -0.15) is 0 Å². The molecule has 0 fully saturated rings. The molecule has 5 heteroatoms. The van der Waals surface area contributed by atoms with Crippen molar-refractivity contribution in [1.29, 1.82) is 0 Å². The van der Waals surface area contributed by atoms with E-state index >= 15 is 0 Å². The summed E-state index contributed by atoms with van der Waals surface area (Å²) in [4.78, 5) is 24.2. The number of carbonyl (C=O) groups is 2. The maximum atomic E-state index is 12.5. The number of amides is 1. The van der Waals surface area contributed by atoms with Gasteiger partial charge in [0.1, 0.15) is 0 Å². The predicted molar refractivity (Wildman–Crippen MR) is 94.3 cm³/mol. The minimum absolute atomic E-state index is 0.358. The van der Waals surface area contributed by atoms with Crippen molar-refractivity contribution in [3.63, 3.8) is 0 Å². The van der Waals surface area contributed by atoms with Crippen molar-refractivity contribution in [1.82, 2.24) is 4.57 Å². The average Bonchev–Trinajstić information content (AvgIpc) is 3.14. The Morgan fingerprint density at radius 1 is 1.00 bits per heavy atom. The second-order valence-electron chi connectivity index (χ2n) is 5.69. The zero-order chi connectivity index (χ0) is 17.8. The summed E-state index contributed by atoms with van der Waals surface area (Å²) in [5, 5.41) is 0. The summed E-state index contributed by atoms with van der Waals surface area (Å²) in [5.41, 5.74) is 8.19. The number of hydrogen-bond acceptors (Lipinski definition) is 3. The van der Waals surface area contributed by atoms with Crippen LogP contribution in [0.2, 0.25) is 0 Å². The first-order valence-electron chi connectivity index (χ1n) is 7.85. The summed E-state index contributed by atoms with van der Waals surface area (Å²) >= 11 is 0. The number of primary amides is 1. The van der Waals surface area contributed by atoms with Gasteiger partial charge < -0.3 is 15.0 Å². The van der Waals surface area contributed by atoms with Crippen LogP contribution in [0.3, 0.4) is 0 Å². The zero-order valence-corrected chi connectivity index (χ0v) is 13.8. The third kappa shape index (κ3) is 3.61. The molecule has 1 heterocycles. The van der Waals surface area contributed by atoms with E-state index in [9.17, 15) is 9.59 Å². The molecular weight excluding hydrogens is 316 g/mol. The number of esters is 1. The van der Waals surface area contributed by atoms with Gasteiger partial charge in [-0.15, -0.1) is 0 Å². The Balaban J connectivity index is 1.88. The number of benzene rings is 2. The van der Waals surface area contributed by atoms with Crippen LogP contribution in [0.1, 0.15) is 27.6 Å². The monoisotopic (exact) mass is 334 g/mol. The Labute approximate surface area is 145 Å². The smallest absolute Gasteiger partial charge is 0.339 e. The van der Waals surface area contributed by atoms with E-state index in [1.54, 1.807) is 36.4 Å². The molecule has 1 aromatic heterocycles. The van der Waals surface area contributed by atoms with Crippen LogP contribution in [0.25, 0.3) is 5.69 Å². The van der Waals surface area contributed by atoms with Gasteiger partial charge in [0.2, 0.25) is 6.10 Å². The molecule has 0 saturated heterocycles. The second-order valence-corrected chi connectivity index (χ2v) is 5.69. The fraction of sp³-hybridized carbons (Fsp3) is 0.100. The van der Waals surface area contributed by atoms with Crippen LogP contribution in [-0.4, -0.2) is 16.4 Å². The number of aromatic nitrogens is 1. The van der Waals surface area contributed by atoms with Crippen LogP contribution in [0, 0.1) is 6.92 Å². The number of hydrogen-bond donors (Lipinski definition) is 1. The lowest BCUT2D eigenvalue weighted by atomic mass is 10.1. The summed E-state index contributed by atoms with van der Waals surface area (Å²) in [6.07, 6.45) is 2.67. The third-order valence-corrected chi connectivity index (χ3v) is 3.91. The van der Waals surface area contributed by atoms with Crippen molar-refractivity contribution < 1.29 is 14.3 Å². The van der Waals surface area contributed by atoms with Gasteiger partial charge in [0.15, 0.2) is 0 Å². The van der Waals surface area contributed by atoms with Crippen LogP contribution in [-0.2, 0) is 9.53 Å². The fourth-order valence-electron chi connectivity index (χ4n) is 2.60. The Morgan fingerprint density at radius 3 is 2.32 bits per heavy atom. The van der Waals surface area contributed by atoms with Gasteiger partial charge in [0.05, 0.1) is 5.56 Å². The molecule has 0 saturated carbocycles. The highest BCUT2D eigenvalue weighted by atomic mass is 16.5. The van der Waals surface area contributed by atoms with E-state index in [-0.39, 0.29) is 0 Å². The Kier molecular flexibility index (Phi) is 4.66. The first kappa shape index (κ1) is 16.5. The summed E-state index contributed by atoms with van der Waals surface area (Å²) in [6.45, 7) is 1.96. The normalized spacial score (nSPS) is 11.7. The lowest BCUT2D eigenvalue weighted by Gasteiger charge is -2.16. The van der Waals surface area contributed by atoms with Crippen LogP contribution in [0.15, 0.2) is 73.1 Å². The molecule has 0 spiro atoms. The van der Waals surface area contributed by atoms with E-state index in [2.05, 4.69) is 0 Å². The Morgan fingerprint density at radius 2 is 1.68 bits per heavy atom. The van der Waals surface area contributed by atoms with Crippen molar-refractivity contribution in [2.45, 2.75) is 13.0 Å². The Hall–Kier alpha value is -3.34. The van der Waals surface area contributed by atoms with Crippen molar-refractivity contribution in [3.05, 3.63) is 89.7 Å². The van der Waals surface area contributed by atoms with Gasteiger partial charge in [-0.1, -0.05) is 36.4 Å². The van der Waals surface area contributed by atoms with Gasteiger partial charge >= 0.3 is 5.97 Å². The van der Waals surface area contributed by atoms with Gasteiger partial charge in [-0.25, -0.2) is 4.79 Å². The highest BCUT2D eigenvalue weighted by molar-refractivity contribution is 5.93. The predicted octanol–water partition coefficient (Wildman–Crippen LogP) is 3.17. The van der Waals surface area contributed by atoms with Crippen LogP contribution >= 0.6 is 0 Å². The van der Waals surface area contributed by atoms with Gasteiger partial charge in [-0.3, -0.25) is 4.79 Å². The molecule has 3 rings (SSSR count). The van der Waals surface area contributed by atoms with E-state index < -0.39 is 18.0 Å². The van der Waals surface area contributed by atoms with Gasteiger partial charge in [-0.05, 0) is 36.8 Å². The molecule has 0 radical (unpaired) electrons. The van der Waals surface area contributed by atoms with Crippen LogP contribution in [0.5, 0.6) is 0 Å². The molecule has 3 aromatic rings. The van der Waals surface area contributed by atoms with E-state index in [1.807, 2.05) is 48.1 Å². The van der Waals surface area contributed by atoms with Gasteiger partial charge in [0, 0.05) is 23.6 Å². The first-order valence-corrected chi connectivity index (χ1v) is 7.85. The topological polar surface area (TPSA) is 74.3 Å². The van der Waals surface area contributed by atoms with Crippen molar-refractivity contribution in [2.24, 2.45) is 5.73 Å². The number of nitrogens with zero attached hydrogens (tertiary/aromatic N) is 1. The lowest BCUT2D eigenvalue weighted by Crippen LogP contribution is -2.26. The van der Waals surface area contributed by atoms with E-state index in [4.69, 9.17) is 10.5 Å². The third-order valence-electron chi connectivity index (χ3n) is 3.91. The molecule has 1 atom stereocenters. The molecule has 1 amide bonds. The van der Waals surface area contributed by atoms with E-state index in [1.165, 1.54) is 0 Å². The number of carbonyl (C=O) groups excluding carboxylic acids is 2. The number of aryl methyl sites for hydroxylation is 1. The number of nitrogens with two attached hydrogens (primary N) is 1. The summed E-state index contributed by atoms with van der Waals surface area (Å²) < 4.78 is 7.29. The summed E-state index contributed by atoms with van der Waals surface area (Å²) in [6, 6.07) is 17.8. The van der Waals surface area contributed by atoms with Crippen molar-refractivity contribution in [3.8, 4) is 5.69 Å². The zero-order valence-electron chi connectivity index (χ0n) is 13.8. The maximum absolute atomic E-state index is 12.5. The minimum Gasteiger partial charge on any atom is -0.444 e. The molecule has 0 aliphatic rings. The molecule has 0 unspecified atom stereocenters. The van der Waals surface area contributed by atoms with Crippen molar-refractivity contribution in [2.75, 3.05) is 0 Å². The van der Waals surface area contributed by atoms with E-state index in [0.29, 0.717) is 11.1 Å². The lowest BCUT2D eigenvalue weighted by molar-refractivity contribution is -0.127. The summed E-state index contributed by atoms with van der Waals surface area (Å²) in [5.74, 6) is -1.31. The fourth-order valence-corrected chi connectivity index (χ4v) is 2.60. The maximum Gasteiger partial charge on any atom is 0.339 e. The second kappa shape index (κ2) is 7.05. The molecule has 126 valence electrons. The standard InChI is InChI=1S/C20H18N2O3/c1-14-9-10-16(13-17(14)22-11-5-6-12-22)20(24)25-18(19(21)23)15-7-3-2-4-8-15/h2-13,18H,1H3,(H2,21,23)/t18-/m0/s1. The molecule has 25 heavy (non-hydrogen) atoms. The largest absolute Gasteiger partial charge is 0.444 e. The molecular formula is C20H18N2O3. The van der Waals surface area contributed by atoms with Crippen LogP contribution in [0.4, 0.5) is 0 Å². The summed E-state index contributed by atoms with van der Waals surface area (Å²) in [7, 11) is 0. The highest BCUT2D eigenvalue weighted by Crippen LogP contribution is 2.21. The molecule has 0 aliphatic carbocycles. The SMILES string of the molecule is Cc1ccc(C(=O)O[C@H](C(N)=O)c2ccccc2)cc1-n1cccc1. The van der Waals surface area contributed by atoms with Crippen molar-refractivity contribution >= 4 is 11.9 Å². The number of ether oxygens (including phenoxy) is 1. The van der Waals surface area contributed by atoms with E-state index in [0.717, 1.165) is 11.3 Å². The molecule has 2 N–H and O–H groups in total.